The maximum Gasteiger partial charge on any atom is 0.250 e. The lowest BCUT2D eigenvalue weighted by Crippen LogP contribution is -2.30. The summed E-state index contributed by atoms with van der Waals surface area (Å²) in [5.41, 5.74) is 1.19. The van der Waals surface area contributed by atoms with Crippen molar-refractivity contribution >= 4 is 38.6 Å². The molecule has 1 atom stereocenters. The zero-order chi connectivity index (χ0) is 15.6. The lowest BCUT2D eigenvalue weighted by molar-refractivity contribution is 0.543. The van der Waals surface area contributed by atoms with E-state index in [0.29, 0.717) is 16.8 Å². The average Bonchev–Trinajstić information content (AvgIpc) is 3.15. The molecule has 0 saturated carbocycles. The van der Waals surface area contributed by atoms with Gasteiger partial charge in [-0.25, -0.2) is 13.1 Å². The molecular weight excluding hydrogens is 340 g/mol. The number of hydrogen-bond acceptors (Lipinski definition) is 4. The van der Waals surface area contributed by atoms with E-state index in [0.717, 1.165) is 30.8 Å². The Hall–Kier alpha value is -1.08. The zero-order valence-corrected chi connectivity index (χ0v) is 14.3. The topological polar surface area (TPSA) is 49.4 Å². The number of hydrogen-bond donors (Lipinski definition) is 1. The van der Waals surface area contributed by atoms with E-state index in [9.17, 15) is 8.42 Å². The zero-order valence-electron chi connectivity index (χ0n) is 11.9. The van der Waals surface area contributed by atoms with E-state index < -0.39 is 10.0 Å². The number of nitrogens with zero attached hydrogens (tertiary/aromatic N) is 1. The average molecular weight is 357 g/mol. The summed E-state index contributed by atoms with van der Waals surface area (Å²) >= 11 is 6.88. The smallest absolute Gasteiger partial charge is 0.250 e. The van der Waals surface area contributed by atoms with Gasteiger partial charge in [0.1, 0.15) is 4.21 Å². The van der Waals surface area contributed by atoms with Gasteiger partial charge in [-0.05, 0) is 36.6 Å². The first-order valence-corrected chi connectivity index (χ1v) is 9.77. The van der Waals surface area contributed by atoms with Gasteiger partial charge in [-0.2, -0.15) is 0 Å². The molecule has 1 aliphatic rings. The normalized spacial score (nSPS) is 18.8. The van der Waals surface area contributed by atoms with Crippen LogP contribution in [0.3, 0.4) is 0 Å². The van der Waals surface area contributed by atoms with Crippen LogP contribution in [0.2, 0.25) is 4.34 Å². The van der Waals surface area contributed by atoms with Gasteiger partial charge in [0, 0.05) is 25.3 Å². The number of para-hydroxylation sites is 1. The van der Waals surface area contributed by atoms with Gasteiger partial charge in [-0.1, -0.05) is 29.8 Å². The molecule has 3 rings (SSSR count). The minimum atomic E-state index is -3.44. The van der Waals surface area contributed by atoms with Crippen molar-refractivity contribution in [1.29, 1.82) is 0 Å². The number of nitrogens with one attached hydrogen (secondary N) is 1. The van der Waals surface area contributed by atoms with Crippen LogP contribution in [0.4, 0.5) is 5.69 Å². The minimum absolute atomic E-state index is 0.274. The molecule has 118 valence electrons. The van der Waals surface area contributed by atoms with E-state index >= 15 is 0 Å². The molecule has 0 amide bonds. The lowest BCUT2D eigenvalue weighted by atomic mass is 10.1. The van der Waals surface area contributed by atoms with Gasteiger partial charge in [0.05, 0.1) is 4.34 Å². The summed E-state index contributed by atoms with van der Waals surface area (Å²) in [6, 6.07) is 13.4. The molecule has 2 aromatic rings. The van der Waals surface area contributed by atoms with Gasteiger partial charge >= 0.3 is 0 Å². The molecule has 1 saturated heterocycles. The summed E-state index contributed by atoms with van der Waals surface area (Å²) in [7, 11) is -3.44. The fourth-order valence-electron chi connectivity index (χ4n) is 2.61. The highest BCUT2D eigenvalue weighted by Gasteiger charge is 2.25. The molecule has 4 nitrogen and oxygen atoms in total. The highest BCUT2D eigenvalue weighted by atomic mass is 35.5. The molecule has 1 fully saturated rings. The molecule has 0 radical (unpaired) electrons. The standard InChI is InChI=1S/C15H17ClN2O2S2/c16-14-6-7-15(21-14)22(19,20)17-10-12-8-9-18(11-12)13-4-2-1-3-5-13/h1-7,12,17H,8-11H2. The van der Waals surface area contributed by atoms with Crippen LogP contribution >= 0.6 is 22.9 Å². The number of anilines is 1. The second kappa shape index (κ2) is 6.58. The van der Waals surface area contributed by atoms with Crippen LogP contribution in [0.5, 0.6) is 0 Å². The third kappa shape index (κ3) is 3.63. The predicted molar refractivity (Wildman–Crippen MR) is 91.3 cm³/mol. The summed E-state index contributed by atoms with van der Waals surface area (Å²) in [5, 5.41) is 0. The summed E-state index contributed by atoms with van der Waals surface area (Å²) in [4.78, 5) is 2.29. The van der Waals surface area contributed by atoms with Gasteiger partial charge in [0.2, 0.25) is 10.0 Å². The first kappa shape index (κ1) is 15.8. The van der Waals surface area contributed by atoms with Crippen LogP contribution in [-0.4, -0.2) is 28.1 Å². The van der Waals surface area contributed by atoms with Crippen molar-refractivity contribution in [3.8, 4) is 0 Å². The summed E-state index contributed by atoms with van der Waals surface area (Å²) in [6.45, 7) is 2.29. The van der Waals surface area contributed by atoms with Crippen molar-refractivity contribution in [2.45, 2.75) is 10.6 Å². The second-order valence-corrected chi connectivity index (χ2v) is 9.06. The van der Waals surface area contributed by atoms with Crippen molar-refractivity contribution in [1.82, 2.24) is 4.72 Å². The van der Waals surface area contributed by atoms with E-state index in [1.807, 2.05) is 18.2 Å². The SMILES string of the molecule is O=S(=O)(NCC1CCN(c2ccccc2)C1)c1ccc(Cl)s1. The molecular formula is C15H17ClN2O2S2. The first-order chi connectivity index (χ1) is 10.5. The molecule has 1 aromatic carbocycles. The Labute approximate surface area is 139 Å². The van der Waals surface area contributed by atoms with Gasteiger partial charge in [0.25, 0.3) is 0 Å². The maximum absolute atomic E-state index is 12.2. The van der Waals surface area contributed by atoms with Crippen molar-refractivity contribution in [2.75, 3.05) is 24.5 Å². The first-order valence-electron chi connectivity index (χ1n) is 7.09. The Morgan fingerprint density at radius 1 is 1.23 bits per heavy atom. The monoisotopic (exact) mass is 356 g/mol. The quantitative estimate of drug-likeness (QED) is 0.895. The molecule has 0 aliphatic carbocycles. The largest absolute Gasteiger partial charge is 0.371 e. The van der Waals surface area contributed by atoms with Gasteiger partial charge < -0.3 is 4.90 Å². The minimum Gasteiger partial charge on any atom is -0.371 e. The number of halogens is 1. The van der Waals surface area contributed by atoms with Crippen molar-refractivity contribution in [3.05, 3.63) is 46.8 Å². The Balaban J connectivity index is 1.57. The third-order valence-corrected chi connectivity index (χ3v) is 6.93. The molecule has 1 aromatic heterocycles. The van der Waals surface area contributed by atoms with Crippen molar-refractivity contribution < 1.29 is 8.42 Å². The van der Waals surface area contributed by atoms with Gasteiger partial charge in [-0.15, -0.1) is 11.3 Å². The molecule has 1 N–H and O–H groups in total. The number of thiophene rings is 1. The summed E-state index contributed by atoms with van der Waals surface area (Å²) in [5.74, 6) is 0.324. The molecule has 0 bridgehead atoms. The van der Waals surface area contributed by atoms with Crippen LogP contribution in [-0.2, 0) is 10.0 Å². The molecule has 0 spiro atoms. The van der Waals surface area contributed by atoms with Crippen molar-refractivity contribution in [3.63, 3.8) is 0 Å². The van der Waals surface area contributed by atoms with E-state index in [-0.39, 0.29) is 4.21 Å². The Kier molecular flexibility index (Phi) is 4.73. The van der Waals surface area contributed by atoms with E-state index in [4.69, 9.17) is 11.6 Å². The molecule has 1 aliphatic heterocycles. The third-order valence-electron chi connectivity index (χ3n) is 3.78. The van der Waals surface area contributed by atoms with Crippen LogP contribution in [0.15, 0.2) is 46.7 Å². The fourth-order valence-corrected chi connectivity index (χ4v) is 5.26. The molecule has 1 unspecified atom stereocenters. The van der Waals surface area contributed by atoms with E-state index in [2.05, 4.69) is 21.8 Å². The number of benzene rings is 1. The van der Waals surface area contributed by atoms with Gasteiger partial charge in [-0.3, -0.25) is 0 Å². The lowest BCUT2D eigenvalue weighted by Gasteiger charge is -2.18. The number of rotatable bonds is 5. The second-order valence-electron chi connectivity index (χ2n) is 5.35. The Morgan fingerprint density at radius 3 is 2.68 bits per heavy atom. The maximum atomic E-state index is 12.2. The fraction of sp³-hybridized carbons (Fsp3) is 0.333. The molecule has 2 heterocycles. The Morgan fingerprint density at radius 2 is 2.00 bits per heavy atom. The summed E-state index contributed by atoms with van der Waals surface area (Å²) in [6.07, 6.45) is 0.989. The highest BCUT2D eigenvalue weighted by Crippen LogP contribution is 2.26. The van der Waals surface area contributed by atoms with Gasteiger partial charge in [0.15, 0.2) is 0 Å². The van der Waals surface area contributed by atoms with Crippen LogP contribution in [0, 0.1) is 5.92 Å². The highest BCUT2D eigenvalue weighted by molar-refractivity contribution is 7.91. The molecule has 7 heteroatoms. The van der Waals surface area contributed by atoms with Crippen LogP contribution in [0.1, 0.15) is 6.42 Å². The van der Waals surface area contributed by atoms with E-state index in [1.54, 1.807) is 12.1 Å². The predicted octanol–water partition coefficient (Wildman–Crippen LogP) is 3.21. The number of sulfonamides is 1. The summed E-state index contributed by atoms with van der Waals surface area (Å²) < 4.78 is 27.8. The van der Waals surface area contributed by atoms with Crippen LogP contribution < -0.4 is 9.62 Å². The van der Waals surface area contributed by atoms with Crippen molar-refractivity contribution in [2.24, 2.45) is 5.92 Å². The van der Waals surface area contributed by atoms with E-state index in [1.165, 1.54) is 5.69 Å². The van der Waals surface area contributed by atoms with Crippen LogP contribution in [0.25, 0.3) is 0 Å². The molecule has 22 heavy (non-hydrogen) atoms. The Bertz CT molecular complexity index is 731.